The summed E-state index contributed by atoms with van der Waals surface area (Å²) in [5.74, 6) is -0.106. The van der Waals surface area contributed by atoms with Crippen LogP contribution in [0.1, 0.15) is 23.6 Å². The third-order valence-electron chi connectivity index (χ3n) is 2.67. The van der Waals surface area contributed by atoms with Gasteiger partial charge >= 0.3 is 0 Å². The predicted octanol–water partition coefficient (Wildman–Crippen LogP) is 1.10. The van der Waals surface area contributed by atoms with Gasteiger partial charge in [-0.1, -0.05) is 23.8 Å². The van der Waals surface area contributed by atoms with Crippen molar-refractivity contribution in [3.05, 3.63) is 34.9 Å². The number of carbonyl (C=O) groups is 2. The maximum absolute atomic E-state index is 11.7. The van der Waals surface area contributed by atoms with E-state index in [0.717, 1.165) is 11.1 Å². The molecule has 98 valence electrons. The molecule has 0 saturated heterocycles. The van der Waals surface area contributed by atoms with Gasteiger partial charge in [0.05, 0.1) is 6.42 Å². The van der Waals surface area contributed by atoms with Gasteiger partial charge in [-0.15, -0.1) is 0 Å². The molecule has 0 fully saturated rings. The molecule has 18 heavy (non-hydrogen) atoms. The molecule has 0 bridgehead atoms. The van der Waals surface area contributed by atoms with Gasteiger partial charge in [0.2, 0.25) is 11.8 Å². The molecule has 2 N–H and O–H groups in total. The Kier molecular flexibility index (Phi) is 5.36. The zero-order valence-corrected chi connectivity index (χ0v) is 11.2. The van der Waals surface area contributed by atoms with Gasteiger partial charge in [-0.3, -0.25) is 9.59 Å². The van der Waals surface area contributed by atoms with E-state index < -0.39 is 0 Å². The summed E-state index contributed by atoms with van der Waals surface area (Å²) >= 11 is 0. The lowest BCUT2D eigenvalue weighted by molar-refractivity contribution is -0.121. The number of rotatable bonds is 5. The van der Waals surface area contributed by atoms with Crippen molar-refractivity contribution in [2.45, 2.75) is 27.2 Å². The maximum Gasteiger partial charge on any atom is 0.224 e. The standard InChI is InChI=1S/C14H20N2O2/c1-10-4-5-13(11(2)8-10)9-14(18)16-7-6-15-12(3)17/h4-5,8H,6-7,9H2,1-3H3,(H,15,17)(H,16,18). The number of benzene rings is 1. The molecule has 0 heterocycles. The molecule has 0 aliphatic heterocycles. The van der Waals surface area contributed by atoms with Crippen molar-refractivity contribution in [2.75, 3.05) is 13.1 Å². The SMILES string of the molecule is CC(=O)NCCNC(=O)Cc1ccc(C)cc1C. The fraction of sp³-hybridized carbons (Fsp3) is 0.429. The van der Waals surface area contributed by atoms with Crippen LogP contribution in [0.5, 0.6) is 0 Å². The number of nitrogens with one attached hydrogen (secondary N) is 2. The third kappa shape index (κ3) is 4.99. The molecule has 0 aliphatic rings. The Morgan fingerprint density at radius 2 is 1.78 bits per heavy atom. The van der Waals surface area contributed by atoms with Gasteiger partial charge in [0.1, 0.15) is 0 Å². The minimum absolute atomic E-state index is 0.0210. The molecule has 1 aromatic carbocycles. The fourth-order valence-corrected chi connectivity index (χ4v) is 1.72. The Morgan fingerprint density at radius 1 is 1.11 bits per heavy atom. The molecule has 0 radical (unpaired) electrons. The summed E-state index contributed by atoms with van der Waals surface area (Å²) in [7, 11) is 0. The van der Waals surface area contributed by atoms with Crippen LogP contribution in [0.15, 0.2) is 18.2 Å². The second kappa shape index (κ2) is 6.79. The molecule has 0 unspecified atom stereocenters. The van der Waals surface area contributed by atoms with Gasteiger partial charge in [0, 0.05) is 20.0 Å². The molecule has 1 aromatic rings. The molecule has 0 saturated carbocycles. The van der Waals surface area contributed by atoms with Crippen LogP contribution in [0.4, 0.5) is 0 Å². The summed E-state index contributed by atoms with van der Waals surface area (Å²) in [6.07, 6.45) is 0.381. The zero-order valence-electron chi connectivity index (χ0n) is 11.2. The third-order valence-corrected chi connectivity index (χ3v) is 2.67. The predicted molar refractivity (Wildman–Crippen MR) is 71.3 cm³/mol. The number of hydrogen-bond acceptors (Lipinski definition) is 2. The van der Waals surface area contributed by atoms with Crippen LogP contribution in [-0.2, 0) is 16.0 Å². The zero-order chi connectivity index (χ0) is 13.5. The highest BCUT2D eigenvalue weighted by Crippen LogP contribution is 2.10. The van der Waals surface area contributed by atoms with E-state index in [-0.39, 0.29) is 11.8 Å². The van der Waals surface area contributed by atoms with Crippen molar-refractivity contribution in [2.24, 2.45) is 0 Å². The van der Waals surface area contributed by atoms with E-state index in [9.17, 15) is 9.59 Å². The molecule has 1 rings (SSSR count). The van der Waals surface area contributed by atoms with E-state index in [1.54, 1.807) is 0 Å². The molecule has 0 spiro atoms. The fourth-order valence-electron chi connectivity index (χ4n) is 1.72. The van der Waals surface area contributed by atoms with E-state index >= 15 is 0 Å². The van der Waals surface area contributed by atoms with E-state index in [0.29, 0.717) is 19.5 Å². The molecule has 0 aromatic heterocycles. The van der Waals surface area contributed by atoms with Crippen LogP contribution in [0.2, 0.25) is 0 Å². The van der Waals surface area contributed by atoms with Crippen molar-refractivity contribution in [3.63, 3.8) is 0 Å². The van der Waals surface area contributed by atoms with Crippen LogP contribution < -0.4 is 10.6 Å². The highest BCUT2D eigenvalue weighted by molar-refractivity contribution is 5.79. The van der Waals surface area contributed by atoms with Gasteiger partial charge in [-0.25, -0.2) is 0 Å². The average molecular weight is 248 g/mol. The molecule has 0 atom stereocenters. The summed E-state index contributed by atoms with van der Waals surface area (Å²) in [6, 6.07) is 6.06. The van der Waals surface area contributed by atoms with Crippen LogP contribution in [0, 0.1) is 13.8 Å². The molecular formula is C14H20N2O2. The molecule has 0 aliphatic carbocycles. The Morgan fingerprint density at radius 3 is 2.39 bits per heavy atom. The quantitative estimate of drug-likeness (QED) is 0.767. The van der Waals surface area contributed by atoms with Crippen molar-refractivity contribution in [3.8, 4) is 0 Å². The molecule has 4 heteroatoms. The Labute approximate surface area is 108 Å². The highest BCUT2D eigenvalue weighted by atomic mass is 16.2. The Bertz CT molecular complexity index is 441. The van der Waals surface area contributed by atoms with Gasteiger partial charge in [-0.2, -0.15) is 0 Å². The number of amides is 2. The Balaban J connectivity index is 2.38. The van der Waals surface area contributed by atoms with Crippen molar-refractivity contribution in [1.82, 2.24) is 10.6 Å². The minimum atomic E-state index is -0.0846. The van der Waals surface area contributed by atoms with E-state index in [2.05, 4.69) is 16.7 Å². The lowest BCUT2D eigenvalue weighted by Crippen LogP contribution is -2.34. The summed E-state index contributed by atoms with van der Waals surface area (Å²) in [4.78, 5) is 22.3. The first-order valence-corrected chi connectivity index (χ1v) is 6.06. The van der Waals surface area contributed by atoms with Gasteiger partial charge in [0.25, 0.3) is 0 Å². The van der Waals surface area contributed by atoms with Crippen molar-refractivity contribution < 1.29 is 9.59 Å². The normalized spacial score (nSPS) is 9.94. The lowest BCUT2D eigenvalue weighted by atomic mass is 10.0. The Hall–Kier alpha value is -1.84. The average Bonchev–Trinajstić information content (AvgIpc) is 2.28. The van der Waals surface area contributed by atoms with Gasteiger partial charge < -0.3 is 10.6 Å². The summed E-state index contributed by atoms with van der Waals surface area (Å²) < 4.78 is 0. The number of carbonyl (C=O) groups excluding carboxylic acids is 2. The van der Waals surface area contributed by atoms with Gasteiger partial charge in [0.15, 0.2) is 0 Å². The number of aryl methyl sites for hydroxylation is 2. The minimum Gasteiger partial charge on any atom is -0.355 e. The first kappa shape index (κ1) is 14.2. The van der Waals surface area contributed by atoms with Gasteiger partial charge in [-0.05, 0) is 25.0 Å². The maximum atomic E-state index is 11.7. The molecule has 4 nitrogen and oxygen atoms in total. The highest BCUT2D eigenvalue weighted by Gasteiger charge is 2.05. The first-order chi connectivity index (χ1) is 8.49. The second-order valence-corrected chi connectivity index (χ2v) is 4.44. The van der Waals surface area contributed by atoms with E-state index in [1.807, 2.05) is 26.0 Å². The first-order valence-electron chi connectivity index (χ1n) is 6.06. The summed E-state index contributed by atoms with van der Waals surface area (Å²) in [5, 5.41) is 5.40. The summed E-state index contributed by atoms with van der Waals surface area (Å²) in [5.41, 5.74) is 3.37. The smallest absolute Gasteiger partial charge is 0.224 e. The monoisotopic (exact) mass is 248 g/mol. The largest absolute Gasteiger partial charge is 0.355 e. The lowest BCUT2D eigenvalue weighted by Gasteiger charge is -2.08. The van der Waals surface area contributed by atoms with E-state index in [1.165, 1.54) is 12.5 Å². The van der Waals surface area contributed by atoms with Crippen LogP contribution >= 0.6 is 0 Å². The topological polar surface area (TPSA) is 58.2 Å². The van der Waals surface area contributed by atoms with Crippen molar-refractivity contribution >= 4 is 11.8 Å². The number of hydrogen-bond donors (Lipinski definition) is 2. The van der Waals surface area contributed by atoms with E-state index in [4.69, 9.17) is 0 Å². The van der Waals surface area contributed by atoms with Crippen LogP contribution in [-0.4, -0.2) is 24.9 Å². The summed E-state index contributed by atoms with van der Waals surface area (Å²) in [6.45, 7) is 6.42. The second-order valence-electron chi connectivity index (χ2n) is 4.44. The molecule has 2 amide bonds. The van der Waals surface area contributed by atoms with Crippen molar-refractivity contribution in [1.29, 1.82) is 0 Å². The van der Waals surface area contributed by atoms with Crippen LogP contribution in [0.3, 0.4) is 0 Å². The van der Waals surface area contributed by atoms with Crippen LogP contribution in [0.25, 0.3) is 0 Å². The molecular weight excluding hydrogens is 228 g/mol.